The van der Waals surface area contributed by atoms with Crippen LogP contribution in [-0.2, 0) is 4.79 Å². The van der Waals surface area contributed by atoms with Crippen LogP contribution in [0.1, 0.15) is 36.0 Å². The molecule has 2 aromatic carbocycles. The van der Waals surface area contributed by atoms with Crippen molar-refractivity contribution in [1.29, 1.82) is 0 Å². The highest BCUT2D eigenvalue weighted by molar-refractivity contribution is 6.08. The summed E-state index contributed by atoms with van der Waals surface area (Å²) in [6, 6.07) is 13.8. The molecule has 0 aromatic heterocycles. The molecule has 0 radical (unpaired) electrons. The number of carboxylic acids is 1. The van der Waals surface area contributed by atoms with E-state index in [1.54, 1.807) is 0 Å². The Morgan fingerprint density at radius 3 is 2.74 bits per heavy atom. The quantitative estimate of drug-likeness (QED) is 0.831. The van der Waals surface area contributed by atoms with Gasteiger partial charge < -0.3 is 5.11 Å². The van der Waals surface area contributed by atoms with E-state index >= 15 is 0 Å². The summed E-state index contributed by atoms with van der Waals surface area (Å²) in [6.07, 6.45) is 2.53. The van der Waals surface area contributed by atoms with E-state index in [2.05, 4.69) is 4.90 Å². The van der Waals surface area contributed by atoms with E-state index in [-0.39, 0.29) is 18.2 Å². The van der Waals surface area contributed by atoms with Crippen molar-refractivity contribution in [2.45, 2.75) is 31.7 Å². The SMILES string of the molecule is O=C(O)CC1CCCN1CCC(=O)c1cccc2ccccc12. The molecule has 1 aliphatic rings. The molecule has 120 valence electrons. The lowest BCUT2D eigenvalue weighted by atomic mass is 10.00. The predicted octanol–water partition coefficient (Wildman–Crippen LogP) is 3.35. The molecule has 1 saturated heterocycles. The number of rotatable bonds is 6. The van der Waals surface area contributed by atoms with Gasteiger partial charge in [0.25, 0.3) is 0 Å². The first-order valence-electron chi connectivity index (χ1n) is 8.12. The molecule has 3 rings (SSSR count). The number of hydrogen-bond donors (Lipinski definition) is 1. The highest BCUT2D eigenvalue weighted by atomic mass is 16.4. The summed E-state index contributed by atoms with van der Waals surface area (Å²) in [5.74, 6) is -0.634. The van der Waals surface area contributed by atoms with Gasteiger partial charge in [0.15, 0.2) is 5.78 Å². The number of carbonyl (C=O) groups excluding carboxylic acids is 1. The van der Waals surface area contributed by atoms with Crippen LogP contribution in [0.3, 0.4) is 0 Å². The third-order valence-electron chi connectivity index (χ3n) is 4.63. The zero-order chi connectivity index (χ0) is 16.2. The molecule has 0 saturated carbocycles. The maximum Gasteiger partial charge on any atom is 0.304 e. The van der Waals surface area contributed by atoms with Crippen LogP contribution in [0.4, 0.5) is 0 Å². The highest BCUT2D eigenvalue weighted by Crippen LogP contribution is 2.23. The van der Waals surface area contributed by atoms with Crippen molar-refractivity contribution >= 4 is 22.5 Å². The van der Waals surface area contributed by atoms with E-state index < -0.39 is 5.97 Å². The second kappa shape index (κ2) is 6.92. The summed E-state index contributed by atoms with van der Waals surface area (Å²) < 4.78 is 0. The van der Waals surface area contributed by atoms with E-state index in [9.17, 15) is 9.59 Å². The van der Waals surface area contributed by atoms with Gasteiger partial charge in [0.2, 0.25) is 0 Å². The van der Waals surface area contributed by atoms with Gasteiger partial charge in [-0.1, -0.05) is 42.5 Å². The van der Waals surface area contributed by atoms with Crippen LogP contribution >= 0.6 is 0 Å². The van der Waals surface area contributed by atoms with Gasteiger partial charge in [-0.15, -0.1) is 0 Å². The smallest absolute Gasteiger partial charge is 0.304 e. The van der Waals surface area contributed by atoms with Gasteiger partial charge in [0, 0.05) is 24.6 Å². The van der Waals surface area contributed by atoms with Crippen LogP contribution in [0.25, 0.3) is 10.8 Å². The summed E-state index contributed by atoms with van der Waals surface area (Å²) in [5, 5.41) is 11.0. The van der Waals surface area contributed by atoms with Gasteiger partial charge in [-0.3, -0.25) is 14.5 Å². The standard InChI is InChI=1S/C19H21NO3/c21-18(10-12-20-11-4-7-15(20)13-19(22)23)17-9-3-6-14-5-1-2-8-16(14)17/h1-3,5-6,8-9,15H,4,7,10-13H2,(H,22,23). The number of Topliss-reactive ketones (excluding diaryl/α,β-unsaturated/α-hetero) is 1. The second-order valence-electron chi connectivity index (χ2n) is 6.13. The van der Waals surface area contributed by atoms with Crippen molar-refractivity contribution in [3.05, 3.63) is 48.0 Å². The Labute approximate surface area is 135 Å². The molecule has 4 nitrogen and oxygen atoms in total. The summed E-state index contributed by atoms with van der Waals surface area (Å²) in [6.45, 7) is 1.53. The predicted molar refractivity (Wildman–Crippen MR) is 89.7 cm³/mol. The monoisotopic (exact) mass is 311 g/mol. The Bertz CT molecular complexity index is 720. The Kier molecular flexibility index (Phi) is 4.72. The lowest BCUT2D eigenvalue weighted by molar-refractivity contribution is -0.138. The second-order valence-corrected chi connectivity index (χ2v) is 6.13. The van der Waals surface area contributed by atoms with Crippen LogP contribution in [-0.4, -0.2) is 40.9 Å². The van der Waals surface area contributed by atoms with Crippen LogP contribution in [0, 0.1) is 0 Å². The first kappa shape index (κ1) is 15.7. The van der Waals surface area contributed by atoms with E-state index in [1.165, 1.54) is 0 Å². The number of ketones is 1. The first-order chi connectivity index (χ1) is 11.1. The van der Waals surface area contributed by atoms with Gasteiger partial charge >= 0.3 is 5.97 Å². The molecule has 1 unspecified atom stereocenters. The van der Waals surface area contributed by atoms with Gasteiger partial charge in [-0.05, 0) is 30.2 Å². The number of fused-ring (bicyclic) bond motifs is 1. The topological polar surface area (TPSA) is 57.6 Å². The van der Waals surface area contributed by atoms with E-state index in [4.69, 9.17) is 5.11 Å². The minimum absolute atomic E-state index is 0.0767. The molecular weight excluding hydrogens is 290 g/mol. The minimum atomic E-state index is -0.762. The molecule has 1 heterocycles. The van der Waals surface area contributed by atoms with Crippen molar-refractivity contribution in [1.82, 2.24) is 4.90 Å². The molecule has 0 spiro atoms. The van der Waals surface area contributed by atoms with Crippen molar-refractivity contribution in [3.63, 3.8) is 0 Å². The Morgan fingerprint density at radius 1 is 1.13 bits per heavy atom. The third-order valence-corrected chi connectivity index (χ3v) is 4.63. The van der Waals surface area contributed by atoms with Crippen LogP contribution < -0.4 is 0 Å². The van der Waals surface area contributed by atoms with Gasteiger partial charge in [0.1, 0.15) is 0 Å². The Hall–Kier alpha value is -2.20. The lowest BCUT2D eigenvalue weighted by Gasteiger charge is -2.22. The summed E-state index contributed by atoms with van der Waals surface area (Å²) in [4.78, 5) is 25.7. The zero-order valence-electron chi connectivity index (χ0n) is 13.1. The van der Waals surface area contributed by atoms with Crippen LogP contribution in [0.2, 0.25) is 0 Å². The first-order valence-corrected chi connectivity index (χ1v) is 8.12. The van der Waals surface area contributed by atoms with E-state index in [1.807, 2.05) is 42.5 Å². The normalized spacial score (nSPS) is 18.3. The fraction of sp³-hybridized carbons (Fsp3) is 0.368. The molecule has 1 aliphatic heterocycles. The minimum Gasteiger partial charge on any atom is -0.481 e. The number of likely N-dealkylation sites (tertiary alicyclic amines) is 1. The zero-order valence-corrected chi connectivity index (χ0v) is 13.1. The Morgan fingerprint density at radius 2 is 1.91 bits per heavy atom. The molecule has 23 heavy (non-hydrogen) atoms. The number of carbonyl (C=O) groups is 2. The number of nitrogens with zero attached hydrogens (tertiary/aromatic N) is 1. The molecule has 0 bridgehead atoms. The fourth-order valence-corrected chi connectivity index (χ4v) is 3.47. The maximum absolute atomic E-state index is 12.6. The van der Waals surface area contributed by atoms with Crippen LogP contribution in [0.15, 0.2) is 42.5 Å². The van der Waals surface area contributed by atoms with E-state index in [0.717, 1.165) is 35.7 Å². The van der Waals surface area contributed by atoms with Crippen molar-refractivity contribution in [2.24, 2.45) is 0 Å². The molecular formula is C19H21NO3. The largest absolute Gasteiger partial charge is 0.481 e. The fourth-order valence-electron chi connectivity index (χ4n) is 3.47. The summed E-state index contributed by atoms with van der Waals surface area (Å²) in [5.41, 5.74) is 0.761. The number of carboxylic acid groups (broad SMARTS) is 1. The lowest BCUT2D eigenvalue weighted by Crippen LogP contribution is -2.33. The van der Waals surface area contributed by atoms with Crippen molar-refractivity contribution in [2.75, 3.05) is 13.1 Å². The van der Waals surface area contributed by atoms with Crippen molar-refractivity contribution < 1.29 is 14.7 Å². The Balaban J connectivity index is 1.68. The van der Waals surface area contributed by atoms with Crippen molar-refractivity contribution in [3.8, 4) is 0 Å². The van der Waals surface area contributed by atoms with Gasteiger partial charge in [0.05, 0.1) is 6.42 Å². The number of aliphatic carboxylic acids is 1. The van der Waals surface area contributed by atoms with Gasteiger partial charge in [-0.2, -0.15) is 0 Å². The molecule has 4 heteroatoms. The highest BCUT2D eigenvalue weighted by Gasteiger charge is 2.26. The third kappa shape index (κ3) is 3.59. The summed E-state index contributed by atoms with van der Waals surface area (Å²) >= 11 is 0. The molecule has 2 aromatic rings. The average Bonchev–Trinajstić information content (AvgIpc) is 2.98. The summed E-state index contributed by atoms with van der Waals surface area (Å²) in [7, 11) is 0. The van der Waals surface area contributed by atoms with E-state index in [0.29, 0.717) is 13.0 Å². The van der Waals surface area contributed by atoms with Crippen LogP contribution in [0.5, 0.6) is 0 Å². The molecule has 1 atom stereocenters. The number of hydrogen-bond acceptors (Lipinski definition) is 3. The molecule has 1 N–H and O–H groups in total. The molecule has 0 amide bonds. The van der Waals surface area contributed by atoms with Gasteiger partial charge in [-0.25, -0.2) is 0 Å². The maximum atomic E-state index is 12.6. The molecule has 0 aliphatic carbocycles. The molecule has 1 fully saturated rings. The average molecular weight is 311 g/mol. The number of benzene rings is 2.